The Hall–Kier alpha value is -2.98. The van der Waals surface area contributed by atoms with Gasteiger partial charge in [-0.15, -0.1) is 10.2 Å². The van der Waals surface area contributed by atoms with Crippen LogP contribution in [-0.2, 0) is 0 Å². The van der Waals surface area contributed by atoms with E-state index in [1.54, 1.807) is 0 Å². The first kappa shape index (κ1) is 19.3. The lowest BCUT2D eigenvalue weighted by Gasteiger charge is -2.11. The fraction of sp³-hybridized carbons (Fsp3) is 0.160. The molecule has 0 radical (unpaired) electrons. The Morgan fingerprint density at radius 3 is 2.21 bits per heavy atom. The second kappa shape index (κ2) is 8.18. The summed E-state index contributed by atoms with van der Waals surface area (Å²) in [5.41, 5.74) is 6.06. The molecule has 0 atom stereocenters. The van der Waals surface area contributed by atoms with E-state index in [-0.39, 0.29) is 5.78 Å². The van der Waals surface area contributed by atoms with Crippen LogP contribution in [0.3, 0.4) is 0 Å². The van der Waals surface area contributed by atoms with E-state index >= 15 is 0 Å². The summed E-state index contributed by atoms with van der Waals surface area (Å²) in [6, 6.07) is 22.3. The molecule has 0 bridgehead atoms. The number of hydrogen-bond donors (Lipinski definition) is 0. The third kappa shape index (κ3) is 3.94. The number of carbonyl (C=O) groups excluding carboxylic acids is 1. The van der Waals surface area contributed by atoms with E-state index in [0.717, 1.165) is 43.7 Å². The third-order valence-electron chi connectivity index (χ3n) is 5.18. The molecule has 4 rings (SSSR count). The number of ketones is 1. The molecule has 29 heavy (non-hydrogen) atoms. The van der Waals surface area contributed by atoms with Crippen LogP contribution in [0.2, 0.25) is 0 Å². The van der Waals surface area contributed by atoms with Gasteiger partial charge >= 0.3 is 0 Å². The van der Waals surface area contributed by atoms with Crippen molar-refractivity contribution in [3.8, 4) is 11.3 Å². The second-order valence-corrected chi connectivity index (χ2v) is 8.19. The van der Waals surface area contributed by atoms with Crippen molar-refractivity contribution < 1.29 is 4.79 Å². The molecular weight excluding hydrogens is 376 g/mol. The van der Waals surface area contributed by atoms with Crippen molar-refractivity contribution in [1.82, 2.24) is 10.2 Å². The number of rotatable bonds is 5. The molecule has 0 saturated heterocycles. The fourth-order valence-electron chi connectivity index (χ4n) is 3.47. The Morgan fingerprint density at radius 2 is 1.45 bits per heavy atom. The molecule has 0 aliphatic heterocycles. The summed E-state index contributed by atoms with van der Waals surface area (Å²) in [4.78, 5) is 12.9. The molecular formula is C25H22N2OS. The first-order valence-corrected chi connectivity index (χ1v) is 10.6. The van der Waals surface area contributed by atoms with Gasteiger partial charge in [0.15, 0.2) is 5.78 Å². The van der Waals surface area contributed by atoms with Crippen LogP contribution < -0.4 is 0 Å². The predicted molar refractivity (Wildman–Crippen MR) is 121 cm³/mol. The van der Waals surface area contributed by atoms with Gasteiger partial charge in [0.05, 0.1) is 5.75 Å². The molecule has 0 amide bonds. The maximum absolute atomic E-state index is 12.9. The van der Waals surface area contributed by atoms with Gasteiger partial charge in [0.25, 0.3) is 0 Å². The predicted octanol–water partition coefficient (Wildman–Crippen LogP) is 6.20. The number of fused-ring (bicyclic) bond motifs is 1. The van der Waals surface area contributed by atoms with Crippen molar-refractivity contribution in [1.29, 1.82) is 0 Å². The topological polar surface area (TPSA) is 42.9 Å². The molecule has 4 aromatic rings. The van der Waals surface area contributed by atoms with E-state index in [1.165, 1.54) is 17.3 Å². The Morgan fingerprint density at radius 1 is 0.793 bits per heavy atom. The second-order valence-electron chi connectivity index (χ2n) is 7.23. The average Bonchev–Trinajstić information content (AvgIpc) is 2.75. The van der Waals surface area contributed by atoms with Crippen LogP contribution in [0.15, 0.2) is 71.8 Å². The molecule has 144 valence electrons. The van der Waals surface area contributed by atoms with E-state index in [0.29, 0.717) is 5.75 Å². The van der Waals surface area contributed by atoms with Crippen LogP contribution in [0.25, 0.3) is 22.0 Å². The SMILES string of the molecule is Cc1cc(C)c(C(=O)CSc2nnc(-c3ccccc3)c3ccccc23)cc1C. The first-order valence-electron chi connectivity index (χ1n) is 9.59. The quantitative estimate of drug-likeness (QED) is 0.297. The van der Waals surface area contributed by atoms with Gasteiger partial charge in [0, 0.05) is 21.9 Å². The van der Waals surface area contributed by atoms with E-state index in [1.807, 2.05) is 68.4 Å². The van der Waals surface area contributed by atoms with Gasteiger partial charge in [-0.1, -0.05) is 72.4 Å². The molecule has 0 spiro atoms. The fourth-order valence-corrected chi connectivity index (χ4v) is 4.32. The van der Waals surface area contributed by atoms with Crippen molar-refractivity contribution in [2.45, 2.75) is 25.8 Å². The highest BCUT2D eigenvalue weighted by Gasteiger charge is 2.15. The van der Waals surface area contributed by atoms with Crippen molar-refractivity contribution in [3.05, 3.63) is 89.0 Å². The van der Waals surface area contributed by atoms with Gasteiger partial charge in [0.1, 0.15) is 10.7 Å². The van der Waals surface area contributed by atoms with Gasteiger partial charge in [-0.25, -0.2) is 0 Å². The lowest BCUT2D eigenvalue weighted by Crippen LogP contribution is -2.06. The zero-order valence-corrected chi connectivity index (χ0v) is 17.6. The van der Waals surface area contributed by atoms with Gasteiger partial charge in [-0.05, 0) is 43.5 Å². The number of carbonyl (C=O) groups is 1. The summed E-state index contributed by atoms with van der Waals surface area (Å²) in [6.07, 6.45) is 0. The van der Waals surface area contributed by atoms with Crippen molar-refractivity contribution >= 4 is 28.3 Å². The summed E-state index contributed by atoms with van der Waals surface area (Å²) in [6.45, 7) is 6.11. The lowest BCUT2D eigenvalue weighted by atomic mass is 9.99. The summed E-state index contributed by atoms with van der Waals surface area (Å²) >= 11 is 1.45. The zero-order valence-electron chi connectivity index (χ0n) is 16.8. The van der Waals surface area contributed by atoms with Crippen molar-refractivity contribution in [2.75, 3.05) is 5.75 Å². The minimum atomic E-state index is 0.119. The van der Waals surface area contributed by atoms with Crippen LogP contribution >= 0.6 is 11.8 Å². The number of aromatic nitrogens is 2. The molecule has 3 nitrogen and oxygen atoms in total. The Kier molecular flexibility index (Phi) is 5.45. The summed E-state index contributed by atoms with van der Waals surface area (Å²) in [5, 5.41) is 11.8. The minimum absolute atomic E-state index is 0.119. The van der Waals surface area contributed by atoms with Crippen molar-refractivity contribution in [2.24, 2.45) is 0 Å². The number of aryl methyl sites for hydroxylation is 3. The highest BCUT2D eigenvalue weighted by atomic mass is 32.2. The Labute approximate surface area is 175 Å². The van der Waals surface area contributed by atoms with Crippen LogP contribution in [0.5, 0.6) is 0 Å². The van der Waals surface area contributed by atoms with Crippen LogP contribution in [-0.4, -0.2) is 21.7 Å². The van der Waals surface area contributed by atoms with Gasteiger partial charge in [0.2, 0.25) is 0 Å². The number of benzene rings is 3. The minimum Gasteiger partial charge on any atom is -0.293 e. The van der Waals surface area contributed by atoms with E-state index in [9.17, 15) is 4.79 Å². The third-order valence-corrected chi connectivity index (χ3v) is 6.16. The largest absolute Gasteiger partial charge is 0.293 e. The van der Waals surface area contributed by atoms with Gasteiger partial charge in [-0.3, -0.25) is 4.79 Å². The molecule has 0 aliphatic rings. The van der Waals surface area contributed by atoms with Crippen LogP contribution in [0.4, 0.5) is 0 Å². The summed E-state index contributed by atoms with van der Waals surface area (Å²) in [5.74, 6) is 0.459. The Balaban J connectivity index is 1.64. The first-order chi connectivity index (χ1) is 14.0. The number of thioether (sulfide) groups is 1. The van der Waals surface area contributed by atoms with E-state index in [4.69, 9.17) is 0 Å². The molecule has 0 N–H and O–H groups in total. The zero-order chi connectivity index (χ0) is 20.4. The lowest BCUT2D eigenvalue weighted by molar-refractivity contribution is 0.102. The Bertz CT molecular complexity index is 1200. The van der Waals surface area contributed by atoms with Gasteiger partial charge in [-0.2, -0.15) is 0 Å². The molecule has 1 heterocycles. The molecule has 0 saturated carbocycles. The number of hydrogen-bond acceptors (Lipinski definition) is 4. The smallest absolute Gasteiger partial charge is 0.173 e. The summed E-state index contributed by atoms with van der Waals surface area (Å²) < 4.78 is 0. The molecule has 3 aromatic carbocycles. The van der Waals surface area contributed by atoms with Gasteiger partial charge < -0.3 is 0 Å². The van der Waals surface area contributed by atoms with Crippen LogP contribution in [0.1, 0.15) is 27.0 Å². The molecule has 0 aliphatic carbocycles. The normalized spacial score (nSPS) is 11.0. The average molecular weight is 399 g/mol. The van der Waals surface area contributed by atoms with E-state index < -0.39 is 0 Å². The molecule has 0 fully saturated rings. The van der Waals surface area contributed by atoms with E-state index in [2.05, 4.69) is 29.3 Å². The standard InChI is InChI=1S/C25H22N2OS/c1-16-13-18(3)22(14-17(16)2)23(28)15-29-25-21-12-8-7-11-20(21)24(26-27-25)19-9-5-4-6-10-19/h4-14H,15H2,1-3H3. The highest BCUT2D eigenvalue weighted by Crippen LogP contribution is 2.32. The number of Topliss-reactive ketones (excluding diaryl/α,β-unsaturated/α-hetero) is 1. The maximum Gasteiger partial charge on any atom is 0.173 e. The number of nitrogens with zero attached hydrogens (tertiary/aromatic N) is 2. The molecule has 4 heteroatoms. The maximum atomic E-state index is 12.9. The molecule has 0 unspecified atom stereocenters. The van der Waals surface area contributed by atoms with Crippen molar-refractivity contribution in [3.63, 3.8) is 0 Å². The highest BCUT2D eigenvalue weighted by molar-refractivity contribution is 8.00. The monoisotopic (exact) mass is 398 g/mol. The summed E-state index contributed by atoms with van der Waals surface area (Å²) in [7, 11) is 0. The van der Waals surface area contributed by atoms with Crippen LogP contribution in [0, 0.1) is 20.8 Å². The molecule has 1 aromatic heterocycles.